The van der Waals surface area contributed by atoms with Gasteiger partial charge in [0.2, 0.25) is 0 Å². The van der Waals surface area contributed by atoms with E-state index < -0.39 is 24.3 Å². The number of imidazole rings is 1. The van der Waals surface area contributed by atoms with Crippen molar-refractivity contribution in [2.24, 2.45) is 0 Å². The zero-order valence-electron chi connectivity index (χ0n) is 22.4. The molecule has 0 spiro atoms. The SMILES string of the molecule is O=C(O)COc1ccc(Cn2cc(-c3ccc(Cl)cc3Cl)nc2/C=C/c2ccc(-c3cccc(C(F)(F)F)c3)cc2)cc1. The minimum Gasteiger partial charge on any atom is -0.482 e. The van der Waals surface area contributed by atoms with Gasteiger partial charge in [-0.25, -0.2) is 9.78 Å². The van der Waals surface area contributed by atoms with Crippen molar-refractivity contribution in [2.45, 2.75) is 12.7 Å². The van der Waals surface area contributed by atoms with Crippen molar-refractivity contribution < 1.29 is 27.8 Å². The van der Waals surface area contributed by atoms with Crippen molar-refractivity contribution in [3.8, 4) is 28.1 Å². The summed E-state index contributed by atoms with van der Waals surface area (Å²) in [6.45, 7) is 0.0214. The monoisotopic (exact) mass is 622 g/mol. The fourth-order valence-corrected chi connectivity index (χ4v) is 4.89. The fourth-order valence-electron chi connectivity index (χ4n) is 4.38. The summed E-state index contributed by atoms with van der Waals surface area (Å²) in [5, 5.41) is 9.79. The molecule has 0 aliphatic rings. The Morgan fingerprint density at radius 1 is 0.907 bits per heavy atom. The lowest BCUT2D eigenvalue weighted by Crippen LogP contribution is -2.09. The number of carboxylic acids is 1. The van der Waals surface area contributed by atoms with E-state index in [4.69, 9.17) is 38.0 Å². The van der Waals surface area contributed by atoms with Crippen molar-refractivity contribution in [1.82, 2.24) is 9.55 Å². The second-order valence-electron chi connectivity index (χ2n) is 9.60. The zero-order chi connectivity index (χ0) is 30.6. The zero-order valence-corrected chi connectivity index (χ0v) is 23.9. The van der Waals surface area contributed by atoms with Crippen LogP contribution < -0.4 is 4.74 Å². The van der Waals surface area contributed by atoms with Crippen LogP contribution in [0.2, 0.25) is 10.0 Å². The first-order valence-corrected chi connectivity index (χ1v) is 13.7. The third-order valence-electron chi connectivity index (χ3n) is 6.51. The van der Waals surface area contributed by atoms with Gasteiger partial charge in [0.25, 0.3) is 0 Å². The number of hydrogen-bond acceptors (Lipinski definition) is 3. The van der Waals surface area contributed by atoms with Gasteiger partial charge in [0.15, 0.2) is 6.61 Å². The number of aromatic nitrogens is 2. The minimum atomic E-state index is -4.41. The summed E-state index contributed by atoms with van der Waals surface area (Å²) in [6.07, 6.45) is 1.17. The first-order valence-electron chi connectivity index (χ1n) is 13.0. The molecule has 4 aromatic carbocycles. The number of hydrogen-bond donors (Lipinski definition) is 1. The highest BCUT2D eigenvalue weighted by Crippen LogP contribution is 2.33. The number of aliphatic carboxylic acids is 1. The largest absolute Gasteiger partial charge is 0.482 e. The van der Waals surface area contributed by atoms with Crippen LogP contribution in [0.4, 0.5) is 13.2 Å². The van der Waals surface area contributed by atoms with Crippen LogP contribution in [0.5, 0.6) is 5.75 Å². The normalized spacial score (nSPS) is 11.7. The molecule has 0 amide bonds. The molecule has 5 rings (SSSR count). The molecular formula is C33H23Cl2F3N2O3. The molecule has 1 heterocycles. The summed E-state index contributed by atoms with van der Waals surface area (Å²) in [7, 11) is 0. The van der Waals surface area contributed by atoms with E-state index in [1.807, 2.05) is 47.2 Å². The van der Waals surface area contributed by atoms with E-state index in [-0.39, 0.29) is 0 Å². The average molecular weight is 623 g/mol. The Morgan fingerprint density at radius 3 is 2.33 bits per heavy atom. The Morgan fingerprint density at radius 2 is 1.65 bits per heavy atom. The van der Waals surface area contributed by atoms with Crippen LogP contribution in [-0.2, 0) is 17.5 Å². The van der Waals surface area contributed by atoms with E-state index in [1.165, 1.54) is 6.07 Å². The molecule has 0 fully saturated rings. The van der Waals surface area contributed by atoms with Crippen molar-refractivity contribution >= 4 is 41.3 Å². The molecule has 0 atom stereocenters. The quantitative estimate of drug-likeness (QED) is 0.178. The Hall–Kier alpha value is -4.53. The predicted molar refractivity (Wildman–Crippen MR) is 162 cm³/mol. The second-order valence-corrected chi connectivity index (χ2v) is 10.4. The number of nitrogens with zero attached hydrogens (tertiary/aromatic N) is 2. The van der Waals surface area contributed by atoms with Crippen LogP contribution in [0, 0.1) is 0 Å². The maximum absolute atomic E-state index is 13.1. The number of alkyl halides is 3. The third-order valence-corrected chi connectivity index (χ3v) is 7.06. The number of benzene rings is 4. The van der Waals surface area contributed by atoms with Crippen molar-refractivity contribution in [3.05, 3.63) is 130 Å². The van der Waals surface area contributed by atoms with E-state index >= 15 is 0 Å². The maximum Gasteiger partial charge on any atom is 0.416 e. The van der Waals surface area contributed by atoms with Gasteiger partial charge >= 0.3 is 12.1 Å². The molecule has 1 aromatic heterocycles. The number of halogens is 5. The summed E-state index contributed by atoms with van der Waals surface area (Å²) in [5.41, 5.74) is 3.56. The van der Waals surface area contributed by atoms with Crippen LogP contribution in [0.25, 0.3) is 34.5 Å². The molecule has 43 heavy (non-hydrogen) atoms. The average Bonchev–Trinajstić information content (AvgIpc) is 3.37. The molecule has 0 bridgehead atoms. The molecule has 0 aliphatic heterocycles. The Bertz CT molecular complexity index is 1780. The van der Waals surface area contributed by atoms with Gasteiger partial charge in [0.05, 0.1) is 16.3 Å². The van der Waals surface area contributed by atoms with Crippen molar-refractivity contribution in [1.29, 1.82) is 0 Å². The van der Waals surface area contributed by atoms with Gasteiger partial charge < -0.3 is 14.4 Å². The number of carbonyl (C=O) groups is 1. The van der Waals surface area contributed by atoms with Crippen LogP contribution in [-0.4, -0.2) is 27.2 Å². The highest BCUT2D eigenvalue weighted by Gasteiger charge is 2.30. The summed E-state index contributed by atoms with van der Waals surface area (Å²) >= 11 is 12.5. The molecule has 0 saturated heterocycles. The molecular weight excluding hydrogens is 600 g/mol. The molecule has 0 saturated carbocycles. The molecule has 0 unspecified atom stereocenters. The molecule has 1 N–H and O–H groups in total. The molecule has 5 aromatic rings. The second kappa shape index (κ2) is 12.8. The molecule has 0 aliphatic carbocycles. The number of ether oxygens (including phenoxy) is 1. The van der Waals surface area contributed by atoms with E-state index in [0.717, 1.165) is 23.3 Å². The lowest BCUT2D eigenvalue weighted by Gasteiger charge is -2.09. The van der Waals surface area contributed by atoms with Crippen LogP contribution in [0.1, 0.15) is 22.5 Å². The van der Waals surface area contributed by atoms with Gasteiger partial charge in [-0.3, -0.25) is 0 Å². The van der Waals surface area contributed by atoms with E-state index in [2.05, 4.69) is 0 Å². The van der Waals surface area contributed by atoms with Crippen LogP contribution >= 0.6 is 23.2 Å². The Kier molecular flexibility index (Phi) is 8.89. The van der Waals surface area contributed by atoms with Gasteiger partial charge in [-0.15, -0.1) is 0 Å². The molecule has 5 nitrogen and oxygen atoms in total. The predicted octanol–water partition coefficient (Wildman–Crippen LogP) is 9.22. The van der Waals surface area contributed by atoms with Gasteiger partial charge in [0, 0.05) is 23.3 Å². The standard InChI is InChI=1S/C33H23Cl2F3N2O3/c34-26-11-14-28(29(35)17-26)30-19-40(18-22-6-12-27(13-7-22)43-20-32(41)42)31(39-30)15-8-21-4-9-23(10-5-21)24-2-1-3-25(16-24)33(36,37)38/h1-17,19H,18,20H2,(H,41,42)/b15-8+. The Balaban J connectivity index is 1.41. The van der Waals surface area contributed by atoms with Gasteiger partial charge in [-0.1, -0.05) is 77.8 Å². The lowest BCUT2D eigenvalue weighted by molar-refractivity contribution is -0.139. The number of rotatable bonds is 9. The summed E-state index contributed by atoms with van der Waals surface area (Å²) in [6, 6.07) is 24.7. The molecule has 218 valence electrons. The summed E-state index contributed by atoms with van der Waals surface area (Å²) in [5.74, 6) is 0.0194. The van der Waals surface area contributed by atoms with Crippen molar-refractivity contribution in [2.75, 3.05) is 6.61 Å². The molecule has 0 radical (unpaired) electrons. The first-order chi connectivity index (χ1) is 20.5. The van der Waals surface area contributed by atoms with E-state index in [1.54, 1.807) is 48.5 Å². The van der Waals surface area contributed by atoms with Crippen molar-refractivity contribution in [3.63, 3.8) is 0 Å². The first kappa shape index (κ1) is 29.9. The molecule has 10 heteroatoms. The van der Waals surface area contributed by atoms with Gasteiger partial charge in [-0.2, -0.15) is 13.2 Å². The van der Waals surface area contributed by atoms with Gasteiger partial charge in [0.1, 0.15) is 11.6 Å². The summed E-state index contributed by atoms with van der Waals surface area (Å²) in [4.78, 5) is 15.6. The van der Waals surface area contributed by atoms with E-state index in [0.29, 0.717) is 50.5 Å². The van der Waals surface area contributed by atoms with Crippen LogP contribution in [0.15, 0.2) is 97.2 Å². The lowest BCUT2D eigenvalue weighted by atomic mass is 10.0. The summed E-state index contributed by atoms with van der Waals surface area (Å²) < 4.78 is 46.6. The highest BCUT2D eigenvalue weighted by atomic mass is 35.5. The fraction of sp³-hybridized carbons (Fsp3) is 0.0909. The number of carboxylic acid groups (broad SMARTS) is 1. The third kappa shape index (κ3) is 7.66. The van der Waals surface area contributed by atoms with Gasteiger partial charge in [-0.05, 0) is 70.8 Å². The topological polar surface area (TPSA) is 64.3 Å². The van der Waals surface area contributed by atoms with E-state index in [9.17, 15) is 18.0 Å². The Labute approximate surface area is 255 Å². The maximum atomic E-state index is 13.1. The smallest absolute Gasteiger partial charge is 0.416 e. The minimum absolute atomic E-state index is 0.429. The highest BCUT2D eigenvalue weighted by molar-refractivity contribution is 6.36. The van der Waals surface area contributed by atoms with Crippen LogP contribution in [0.3, 0.4) is 0 Å².